The molecule has 0 aromatic heterocycles. The summed E-state index contributed by atoms with van der Waals surface area (Å²) in [5, 5.41) is 17.7. The van der Waals surface area contributed by atoms with Crippen LogP contribution in [0.2, 0.25) is 0 Å². The van der Waals surface area contributed by atoms with Crippen molar-refractivity contribution in [2.45, 2.75) is 18.1 Å². The molecule has 21 heavy (non-hydrogen) atoms. The van der Waals surface area contributed by atoms with Crippen LogP contribution >= 0.6 is 0 Å². The van der Waals surface area contributed by atoms with Gasteiger partial charge in [0.2, 0.25) is 6.79 Å². The van der Waals surface area contributed by atoms with Gasteiger partial charge in [0.05, 0.1) is 12.1 Å². The number of hydrogen-bond donors (Lipinski definition) is 0. The molecular formula is C14H12N2O4S. The molecule has 7 heteroatoms. The van der Waals surface area contributed by atoms with Gasteiger partial charge in [0.15, 0.2) is 26.8 Å². The van der Waals surface area contributed by atoms with Crippen molar-refractivity contribution in [2.24, 2.45) is 5.41 Å². The summed E-state index contributed by atoms with van der Waals surface area (Å²) in [7, 11) is -3.49. The maximum absolute atomic E-state index is 12.2. The van der Waals surface area contributed by atoms with E-state index in [1.165, 1.54) is 6.92 Å². The quantitative estimate of drug-likeness (QED) is 0.835. The highest BCUT2D eigenvalue weighted by Crippen LogP contribution is 2.63. The SMILES string of the molecule is CCS(=O)(=O)C1C(c2ccc3c(c2)OCO3)C1(C#N)C#N. The predicted octanol–water partition coefficient (Wildman–Crippen LogP) is 1.35. The van der Waals surface area contributed by atoms with Crippen LogP contribution in [-0.2, 0) is 9.84 Å². The highest BCUT2D eigenvalue weighted by atomic mass is 32.2. The van der Waals surface area contributed by atoms with Crippen molar-refractivity contribution in [3.05, 3.63) is 23.8 Å². The molecule has 1 heterocycles. The van der Waals surface area contributed by atoms with E-state index in [9.17, 15) is 18.9 Å². The van der Waals surface area contributed by atoms with E-state index in [-0.39, 0.29) is 12.5 Å². The van der Waals surface area contributed by atoms with Crippen LogP contribution in [0.25, 0.3) is 0 Å². The molecule has 1 saturated carbocycles. The standard InChI is InChI=1S/C14H12N2O4S/c1-2-21(17,18)13-12(14(13,6-15)7-16)9-3-4-10-11(5-9)20-8-19-10/h3-5,12-13H,2,8H2,1H3. The highest BCUT2D eigenvalue weighted by molar-refractivity contribution is 7.92. The zero-order valence-electron chi connectivity index (χ0n) is 11.2. The summed E-state index contributed by atoms with van der Waals surface area (Å²) < 4.78 is 34.8. The van der Waals surface area contributed by atoms with Gasteiger partial charge in [-0.25, -0.2) is 8.42 Å². The van der Waals surface area contributed by atoms with Crippen molar-refractivity contribution < 1.29 is 17.9 Å². The molecule has 1 aromatic carbocycles. The van der Waals surface area contributed by atoms with E-state index in [1.807, 2.05) is 12.1 Å². The summed E-state index contributed by atoms with van der Waals surface area (Å²) in [5.74, 6) is 0.349. The van der Waals surface area contributed by atoms with E-state index in [2.05, 4.69) is 0 Å². The van der Waals surface area contributed by atoms with E-state index in [0.717, 1.165) is 0 Å². The fourth-order valence-electron chi connectivity index (χ4n) is 2.86. The lowest BCUT2D eigenvalue weighted by Crippen LogP contribution is -2.15. The lowest BCUT2D eigenvalue weighted by Gasteiger charge is -2.02. The topological polar surface area (TPSA) is 100 Å². The molecule has 0 spiro atoms. The second-order valence-electron chi connectivity index (χ2n) is 5.06. The molecular weight excluding hydrogens is 292 g/mol. The number of benzene rings is 1. The van der Waals surface area contributed by atoms with Crippen molar-refractivity contribution in [3.8, 4) is 23.6 Å². The molecule has 6 nitrogen and oxygen atoms in total. The highest BCUT2D eigenvalue weighted by Gasteiger charge is 2.72. The molecule has 0 bridgehead atoms. The Morgan fingerprint density at radius 2 is 1.95 bits per heavy atom. The summed E-state index contributed by atoms with van der Waals surface area (Å²) in [6.07, 6.45) is 0. The van der Waals surface area contributed by atoms with Crippen LogP contribution in [0.3, 0.4) is 0 Å². The molecule has 1 aromatic rings. The Morgan fingerprint density at radius 3 is 2.57 bits per heavy atom. The molecule has 0 N–H and O–H groups in total. The number of rotatable bonds is 3. The first-order valence-electron chi connectivity index (χ1n) is 6.44. The zero-order valence-corrected chi connectivity index (χ0v) is 12.1. The average molecular weight is 304 g/mol. The van der Waals surface area contributed by atoms with Crippen LogP contribution in [-0.4, -0.2) is 26.2 Å². The van der Waals surface area contributed by atoms with Crippen LogP contribution in [0, 0.1) is 28.1 Å². The molecule has 1 fully saturated rings. The minimum Gasteiger partial charge on any atom is -0.454 e. The summed E-state index contributed by atoms with van der Waals surface area (Å²) in [6.45, 7) is 1.63. The average Bonchev–Trinajstić information content (AvgIpc) is 2.98. The zero-order chi connectivity index (χ0) is 15.3. The molecule has 2 aliphatic rings. The Kier molecular flexibility index (Phi) is 2.86. The molecule has 0 radical (unpaired) electrons. The van der Waals surface area contributed by atoms with Crippen LogP contribution in [0.1, 0.15) is 18.4 Å². The first kappa shape index (κ1) is 13.7. The fraction of sp³-hybridized carbons (Fsp3) is 0.429. The summed E-state index contributed by atoms with van der Waals surface area (Å²) in [6, 6.07) is 8.81. The fourth-order valence-corrected chi connectivity index (χ4v) is 4.75. The van der Waals surface area contributed by atoms with Crippen molar-refractivity contribution in [3.63, 3.8) is 0 Å². The number of ether oxygens (including phenoxy) is 2. The smallest absolute Gasteiger partial charge is 0.231 e. The Labute approximate surface area is 122 Å². The monoisotopic (exact) mass is 304 g/mol. The molecule has 0 amide bonds. The summed E-state index contributed by atoms with van der Waals surface area (Å²) >= 11 is 0. The van der Waals surface area contributed by atoms with Crippen LogP contribution in [0.15, 0.2) is 18.2 Å². The van der Waals surface area contributed by atoms with E-state index in [4.69, 9.17) is 9.47 Å². The molecule has 2 atom stereocenters. The Balaban J connectivity index is 2.06. The first-order chi connectivity index (χ1) is 10.00. The van der Waals surface area contributed by atoms with Gasteiger partial charge in [0.25, 0.3) is 0 Å². The third-order valence-electron chi connectivity index (χ3n) is 4.05. The molecule has 108 valence electrons. The van der Waals surface area contributed by atoms with Gasteiger partial charge in [-0.3, -0.25) is 0 Å². The second kappa shape index (κ2) is 4.37. The third kappa shape index (κ3) is 1.78. The Bertz CT molecular complexity index is 774. The van der Waals surface area contributed by atoms with Gasteiger partial charge < -0.3 is 9.47 Å². The van der Waals surface area contributed by atoms with Crippen LogP contribution in [0.4, 0.5) is 0 Å². The minimum atomic E-state index is -3.49. The third-order valence-corrected chi connectivity index (χ3v) is 6.27. The van der Waals surface area contributed by atoms with Crippen LogP contribution < -0.4 is 9.47 Å². The predicted molar refractivity (Wildman–Crippen MR) is 72.2 cm³/mol. The molecule has 0 saturated heterocycles. The molecule has 2 unspecified atom stereocenters. The van der Waals surface area contributed by atoms with E-state index >= 15 is 0 Å². The Morgan fingerprint density at radius 1 is 1.29 bits per heavy atom. The van der Waals surface area contributed by atoms with Crippen molar-refractivity contribution in [1.29, 1.82) is 10.5 Å². The van der Waals surface area contributed by atoms with Gasteiger partial charge in [0.1, 0.15) is 5.25 Å². The normalized spacial score (nSPS) is 24.9. The van der Waals surface area contributed by atoms with Crippen molar-refractivity contribution in [1.82, 2.24) is 0 Å². The van der Waals surface area contributed by atoms with Gasteiger partial charge >= 0.3 is 0 Å². The second-order valence-corrected chi connectivity index (χ2v) is 7.47. The first-order valence-corrected chi connectivity index (χ1v) is 8.15. The summed E-state index contributed by atoms with van der Waals surface area (Å²) in [5.41, 5.74) is -0.896. The number of fused-ring (bicyclic) bond motifs is 1. The molecule has 1 aliphatic heterocycles. The maximum atomic E-state index is 12.2. The van der Waals surface area contributed by atoms with E-state index in [1.54, 1.807) is 18.2 Å². The lowest BCUT2D eigenvalue weighted by atomic mass is 10.0. The maximum Gasteiger partial charge on any atom is 0.231 e. The van der Waals surface area contributed by atoms with Crippen molar-refractivity contribution >= 4 is 9.84 Å². The van der Waals surface area contributed by atoms with Gasteiger partial charge in [-0.1, -0.05) is 13.0 Å². The van der Waals surface area contributed by atoms with Gasteiger partial charge in [0, 0.05) is 11.7 Å². The molecule has 1 aliphatic carbocycles. The number of nitriles is 2. The van der Waals surface area contributed by atoms with Crippen molar-refractivity contribution in [2.75, 3.05) is 12.5 Å². The van der Waals surface area contributed by atoms with Gasteiger partial charge in [-0.15, -0.1) is 0 Å². The number of sulfone groups is 1. The van der Waals surface area contributed by atoms with Gasteiger partial charge in [-0.05, 0) is 17.7 Å². The largest absolute Gasteiger partial charge is 0.454 e. The lowest BCUT2D eigenvalue weighted by molar-refractivity contribution is 0.174. The van der Waals surface area contributed by atoms with E-state index < -0.39 is 26.4 Å². The summed E-state index contributed by atoms with van der Waals surface area (Å²) in [4.78, 5) is 0. The van der Waals surface area contributed by atoms with Gasteiger partial charge in [-0.2, -0.15) is 10.5 Å². The molecule has 3 rings (SSSR count). The number of hydrogen-bond acceptors (Lipinski definition) is 6. The Hall–Kier alpha value is -2.25. The van der Waals surface area contributed by atoms with E-state index in [0.29, 0.717) is 17.1 Å². The minimum absolute atomic E-state index is 0.0934. The van der Waals surface area contributed by atoms with Crippen LogP contribution in [0.5, 0.6) is 11.5 Å². The number of nitrogens with zero attached hydrogens (tertiary/aromatic N) is 2.